The lowest BCUT2D eigenvalue weighted by Gasteiger charge is -2.28. The molecular formula is C31H23N3O8. The van der Waals surface area contributed by atoms with Gasteiger partial charge in [0.1, 0.15) is 17.4 Å². The molecule has 2 aliphatic rings. The largest absolute Gasteiger partial charge is 0.497 e. The van der Waals surface area contributed by atoms with Crippen molar-refractivity contribution in [1.29, 1.82) is 0 Å². The van der Waals surface area contributed by atoms with E-state index in [1.807, 2.05) is 0 Å². The van der Waals surface area contributed by atoms with Crippen LogP contribution in [0.5, 0.6) is 11.5 Å². The Hall–Kier alpha value is -5.55. The summed E-state index contributed by atoms with van der Waals surface area (Å²) >= 11 is 0. The zero-order valence-corrected chi connectivity index (χ0v) is 22.2. The maximum atomic E-state index is 13.8. The van der Waals surface area contributed by atoms with E-state index < -0.39 is 40.8 Å². The number of non-ortho nitro benzene ring substituents is 1. The molecule has 0 spiro atoms. The first-order valence-corrected chi connectivity index (χ1v) is 13.0. The Kier molecular flexibility index (Phi) is 6.85. The number of anilines is 2. The van der Waals surface area contributed by atoms with Gasteiger partial charge in [-0.3, -0.25) is 24.5 Å². The SMILES string of the molecule is COc1ccc(N2C(=O)C3ON(c4cccc([N+](=O)[O-])c4)C(c4ccc(OC(=O)c5ccccc5)cc4)C3C2=O)cc1. The van der Waals surface area contributed by atoms with E-state index in [0.717, 1.165) is 4.90 Å². The molecule has 210 valence electrons. The molecule has 3 unspecified atom stereocenters. The van der Waals surface area contributed by atoms with Crippen molar-refractivity contribution in [2.75, 3.05) is 17.1 Å². The number of hydrogen-bond acceptors (Lipinski definition) is 9. The Morgan fingerprint density at radius 3 is 2.19 bits per heavy atom. The predicted octanol–water partition coefficient (Wildman–Crippen LogP) is 4.87. The van der Waals surface area contributed by atoms with Crippen LogP contribution in [-0.4, -0.2) is 35.9 Å². The molecule has 0 N–H and O–H groups in total. The van der Waals surface area contributed by atoms with Crippen molar-refractivity contribution in [3.05, 3.63) is 124 Å². The number of rotatable bonds is 7. The third-order valence-corrected chi connectivity index (χ3v) is 7.18. The number of nitro benzene ring substituents is 1. The number of benzene rings is 4. The third kappa shape index (κ3) is 4.71. The highest BCUT2D eigenvalue weighted by Crippen LogP contribution is 2.48. The average Bonchev–Trinajstić information content (AvgIpc) is 3.53. The summed E-state index contributed by atoms with van der Waals surface area (Å²) in [5.74, 6) is -1.68. The molecule has 2 heterocycles. The summed E-state index contributed by atoms with van der Waals surface area (Å²) in [6, 6.07) is 26.5. The minimum absolute atomic E-state index is 0.174. The van der Waals surface area contributed by atoms with Crippen LogP contribution in [0.4, 0.5) is 17.1 Å². The van der Waals surface area contributed by atoms with Gasteiger partial charge in [0, 0.05) is 12.1 Å². The van der Waals surface area contributed by atoms with Crippen molar-refractivity contribution in [2.45, 2.75) is 12.1 Å². The van der Waals surface area contributed by atoms with Gasteiger partial charge in [0.2, 0.25) is 5.91 Å². The van der Waals surface area contributed by atoms with Crippen molar-refractivity contribution in [3.8, 4) is 11.5 Å². The molecule has 4 aromatic rings. The quantitative estimate of drug-likeness (QED) is 0.101. The maximum Gasteiger partial charge on any atom is 0.343 e. The molecule has 2 fully saturated rings. The molecule has 11 nitrogen and oxygen atoms in total. The van der Waals surface area contributed by atoms with Crippen LogP contribution in [0.25, 0.3) is 0 Å². The van der Waals surface area contributed by atoms with Gasteiger partial charge in [-0.1, -0.05) is 36.4 Å². The lowest BCUT2D eigenvalue weighted by Crippen LogP contribution is -2.37. The molecule has 0 radical (unpaired) electrons. The van der Waals surface area contributed by atoms with E-state index >= 15 is 0 Å². The number of carbonyl (C=O) groups is 3. The Labute approximate surface area is 239 Å². The second-order valence-corrected chi connectivity index (χ2v) is 9.63. The molecule has 0 saturated carbocycles. The summed E-state index contributed by atoms with van der Waals surface area (Å²) in [5.41, 5.74) is 1.46. The van der Waals surface area contributed by atoms with Crippen LogP contribution < -0.4 is 19.4 Å². The summed E-state index contributed by atoms with van der Waals surface area (Å²) in [5, 5.41) is 12.8. The Morgan fingerprint density at radius 1 is 0.833 bits per heavy atom. The van der Waals surface area contributed by atoms with Crippen LogP contribution in [0.1, 0.15) is 22.0 Å². The predicted molar refractivity (Wildman–Crippen MR) is 150 cm³/mol. The summed E-state index contributed by atoms with van der Waals surface area (Å²) in [7, 11) is 1.51. The summed E-state index contributed by atoms with van der Waals surface area (Å²) in [6.07, 6.45) is -1.17. The molecule has 2 aliphatic heterocycles. The number of hydroxylamine groups is 1. The molecule has 3 atom stereocenters. The first-order valence-electron chi connectivity index (χ1n) is 13.0. The second-order valence-electron chi connectivity index (χ2n) is 9.63. The van der Waals surface area contributed by atoms with E-state index in [1.54, 1.807) is 84.9 Å². The van der Waals surface area contributed by atoms with E-state index in [9.17, 15) is 24.5 Å². The Bertz CT molecular complexity index is 1670. The van der Waals surface area contributed by atoms with E-state index in [1.165, 1.54) is 30.4 Å². The number of carbonyl (C=O) groups excluding carboxylic acids is 3. The third-order valence-electron chi connectivity index (χ3n) is 7.18. The van der Waals surface area contributed by atoms with Crippen LogP contribution in [0, 0.1) is 16.0 Å². The molecule has 2 saturated heterocycles. The standard InChI is InChI=1S/C31H23N3O8/c1-40-24-16-12-21(13-17-24)32-29(35)26-27(19-10-14-25(15-11-19)41-31(37)20-6-3-2-4-7-20)33(42-28(26)30(32)36)22-8-5-9-23(18-22)34(38)39/h2-18,26-28H,1H3. The van der Waals surface area contributed by atoms with Gasteiger partial charge >= 0.3 is 5.97 Å². The minimum atomic E-state index is -1.17. The number of nitro groups is 1. The topological polar surface area (TPSA) is 129 Å². The van der Waals surface area contributed by atoms with Crippen LogP contribution in [-0.2, 0) is 14.4 Å². The van der Waals surface area contributed by atoms with Crippen LogP contribution in [0.3, 0.4) is 0 Å². The molecule has 42 heavy (non-hydrogen) atoms. The molecule has 0 aliphatic carbocycles. The molecule has 0 aromatic heterocycles. The van der Waals surface area contributed by atoms with Gasteiger partial charge < -0.3 is 9.47 Å². The van der Waals surface area contributed by atoms with Crippen molar-refractivity contribution in [2.24, 2.45) is 5.92 Å². The van der Waals surface area contributed by atoms with Gasteiger partial charge in [-0.15, -0.1) is 0 Å². The fraction of sp³-hybridized carbons (Fsp3) is 0.129. The lowest BCUT2D eigenvalue weighted by molar-refractivity contribution is -0.384. The highest BCUT2D eigenvalue weighted by atomic mass is 16.7. The van der Waals surface area contributed by atoms with Crippen LogP contribution in [0.2, 0.25) is 0 Å². The van der Waals surface area contributed by atoms with Gasteiger partial charge in [0.25, 0.3) is 11.6 Å². The van der Waals surface area contributed by atoms with Crippen LogP contribution in [0.15, 0.2) is 103 Å². The number of nitrogens with zero attached hydrogens (tertiary/aromatic N) is 3. The lowest BCUT2D eigenvalue weighted by atomic mass is 9.90. The van der Waals surface area contributed by atoms with Crippen molar-refractivity contribution < 1.29 is 33.6 Å². The average molecular weight is 566 g/mol. The van der Waals surface area contributed by atoms with Crippen LogP contribution >= 0.6 is 0 Å². The van der Waals surface area contributed by atoms with Gasteiger partial charge in [-0.25, -0.2) is 14.8 Å². The second kappa shape index (κ2) is 10.8. The Balaban J connectivity index is 1.35. The number of ether oxygens (including phenoxy) is 2. The number of fused-ring (bicyclic) bond motifs is 1. The number of amides is 2. The van der Waals surface area contributed by atoms with Crippen molar-refractivity contribution in [1.82, 2.24) is 0 Å². The van der Waals surface area contributed by atoms with Gasteiger partial charge in [-0.2, -0.15) is 0 Å². The molecule has 11 heteroatoms. The normalized spacial score (nSPS) is 19.5. The van der Waals surface area contributed by atoms with E-state index in [4.69, 9.17) is 14.3 Å². The van der Waals surface area contributed by atoms with Crippen molar-refractivity contribution >= 4 is 34.8 Å². The number of methoxy groups -OCH3 is 1. The smallest absolute Gasteiger partial charge is 0.343 e. The van der Waals surface area contributed by atoms with Gasteiger partial charge in [0.15, 0.2) is 6.10 Å². The first kappa shape index (κ1) is 26.7. The van der Waals surface area contributed by atoms with E-state index in [-0.39, 0.29) is 11.4 Å². The molecule has 0 bridgehead atoms. The minimum Gasteiger partial charge on any atom is -0.497 e. The fourth-order valence-corrected chi connectivity index (χ4v) is 5.18. The zero-order chi connectivity index (χ0) is 29.4. The highest BCUT2D eigenvalue weighted by Gasteiger charge is 2.60. The van der Waals surface area contributed by atoms with Gasteiger partial charge in [-0.05, 0) is 60.2 Å². The Morgan fingerprint density at radius 2 is 1.52 bits per heavy atom. The molecule has 6 rings (SSSR count). The molecule has 4 aromatic carbocycles. The van der Waals surface area contributed by atoms with Crippen molar-refractivity contribution in [3.63, 3.8) is 0 Å². The number of esters is 1. The summed E-state index contributed by atoms with van der Waals surface area (Å²) < 4.78 is 10.7. The number of hydrogen-bond donors (Lipinski definition) is 0. The first-order chi connectivity index (χ1) is 20.4. The maximum absolute atomic E-state index is 13.8. The number of imide groups is 1. The van der Waals surface area contributed by atoms with Gasteiger partial charge in [0.05, 0.1) is 35.0 Å². The van der Waals surface area contributed by atoms with E-state index in [0.29, 0.717) is 28.3 Å². The molecule has 2 amide bonds. The fourth-order valence-electron chi connectivity index (χ4n) is 5.18. The summed E-state index contributed by atoms with van der Waals surface area (Å²) in [4.78, 5) is 58.0. The zero-order valence-electron chi connectivity index (χ0n) is 22.2. The monoisotopic (exact) mass is 565 g/mol. The highest BCUT2D eigenvalue weighted by molar-refractivity contribution is 6.24. The van der Waals surface area contributed by atoms with E-state index in [2.05, 4.69) is 0 Å². The molecular weight excluding hydrogens is 542 g/mol. The summed E-state index contributed by atoms with van der Waals surface area (Å²) in [6.45, 7) is 0.